The summed E-state index contributed by atoms with van der Waals surface area (Å²) in [4.78, 5) is 7.06. The first-order chi connectivity index (χ1) is 7.74. The molecule has 1 fully saturated rings. The third-order valence-electron chi connectivity index (χ3n) is 3.18. The SMILES string of the molecule is CC(CNC1=NCC(C)S1)CN1CCCC1. The highest BCUT2D eigenvalue weighted by Gasteiger charge is 2.17. The maximum atomic E-state index is 4.48. The van der Waals surface area contributed by atoms with E-state index < -0.39 is 0 Å². The van der Waals surface area contributed by atoms with Crippen LogP contribution in [0.4, 0.5) is 0 Å². The van der Waals surface area contributed by atoms with Gasteiger partial charge in [-0.1, -0.05) is 25.6 Å². The van der Waals surface area contributed by atoms with Crippen molar-refractivity contribution in [2.24, 2.45) is 10.9 Å². The highest BCUT2D eigenvalue weighted by molar-refractivity contribution is 8.14. The monoisotopic (exact) mass is 241 g/mol. The molecule has 0 aromatic carbocycles. The van der Waals surface area contributed by atoms with Gasteiger partial charge in [-0.05, 0) is 31.8 Å². The minimum absolute atomic E-state index is 0.663. The zero-order chi connectivity index (χ0) is 11.4. The van der Waals surface area contributed by atoms with E-state index in [4.69, 9.17) is 0 Å². The summed E-state index contributed by atoms with van der Waals surface area (Å²) in [5.41, 5.74) is 0. The highest BCUT2D eigenvalue weighted by Crippen LogP contribution is 2.18. The molecule has 0 bridgehead atoms. The van der Waals surface area contributed by atoms with E-state index in [1.165, 1.54) is 32.5 Å². The molecule has 1 N–H and O–H groups in total. The molecule has 16 heavy (non-hydrogen) atoms. The number of nitrogens with zero attached hydrogens (tertiary/aromatic N) is 2. The second kappa shape index (κ2) is 5.92. The lowest BCUT2D eigenvalue weighted by molar-refractivity contribution is 0.288. The minimum Gasteiger partial charge on any atom is -0.365 e. The van der Waals surface area contributed by atoms with Gasteiger partial charge in [0.25, 0.3) is 0 Å². The second-order valence-electron chi connectivity index (χ2n) is 5.07. The van der Waals surface area contributed by atoms with E-state index in [1.807, 2.05) is 11.8 Å². The van der Waals surface area contributed by atoms with E-state index in [-0.39, 0.29) is 0 Å². The Labute approximate surface area is 103 Å². The van der Waals surface area contributed by atoms with Crippen LogP contribution in [0.25, 0.3) is 0 Å². The predicted octanol–water partition coefficient (Wildman–Crippen LogP) is 1.80. The molecule has 0 radical (unpaired) electrons. The number of aliphatic imine (C=N–C) groups is 1. The normalized spacial score (nSPS) is 28.1. The van der Waals surface area contributed by atoms with Gasteiger partial charge < -0.3 is 10.2 Å². The number of likely N-dealkylation sites (tertiary alicyclic amines) is 1. The van der Waals surface area contributed by atoms with Crippen molar-refractivity contribution in [2.75, 3.05) is 32.7 Å². The fourth-order valence-corrected chi connectivity index (χ4v) is 3.15. The Bertz CT molecular complexity index is 249. The molecule has 3 nitrogen and oxygen atoms in total. The summed E-state index contributed by atoms with van der Waals surface area (Å²) in [7, 11) is 0. The Kier molecular flexibility index (Phi) is 4.53. The van der Waals surface area contributed by atoms with Gasteiger partial charge >= 0.3 is 0 Å². The Morgan fingerprint density at radius 3 is 2.88 bits per heavy atom. The van der Waals surface area contributed by atoms with Crippen LogP contribution in [-0.2, 0) is 0 Å². The summed E-state index contributed by atoms with van der Waals surface area (Å²) in [6.07, 6.45) is 2.78. The molecule has 2 heterocycles. The third-order valence-corrected chi connectivity index (χ3v) is 4.22. The zero-order valence-corrected chi connectivity index (χ0v) is 11.2. The molecule has 2 unspecified atom stereocenters. The van der Waals surface area contributed by atoms with Crippen molar-refractivity contribution < 1.29 is 0 Å². The molecule has 0 amide bonds. The minimum atomic E-state index is 0.663. The van der Waals surface area contributed by atoms with Crippen LogP contribution in [0.15, 0.2) is 4.99 Å². The Hall–Kier alpha value is -0.220. The van der Waals surface area contributed by atoms with Gasteiger partial charge in [-0.3, -0.25) is 4.99 Å². The quantitative estimate of drug-likeness (QED) is 0.813. The molecule has 0 aliphatic carbocycles. The Morgan fingerprint density at radius 1 is 1.50 bits per heavy atom. The van der Waals surface area contributed by atoms with Crippen molar-refractivity contribution in [3.05, 3.63) is 0 Å². The predicted molar refractivity (Wildman–Crippen MR) is 72.2 cm³/mol. The van der Waals surface area contributed by atoms with Gasteiger partial charge in [0.05, 0.1) is 6.54 Å². The zero-order valence-electron chi connectivity index (χ0n) is 10.4. The molecule has 1 saturated heterocycles. The summed E-state index contributed by atoms with van der Waals surface area (Å²) in [6.45, 7) is 10.4. The fourth-order valence-electron chi connectivity index (χ4n) is 2.31. The highest BCUT2D eigenvalue weighted by atomic mass is 32.2. The van der Waals surface area contributed by atoms with Crippen LogP contribution in [0, 0.1) is 5.92 Å². The molecule has 2 rings (SSSR count). The van der Waals surface area contributed by atoms with Crippen molar-refractivity contribution in [2.45, 2.75) is 31.9 Å². The van der Waals surface area contributed by atoms with E-state index in [2.05, 4.69) is 29.1 Å². The lowest BCUT2D eigenvalue weighted by Crippen LogP contribution is -2.33. The number of thioether (sulfide) groups is 1. The second-order valence-corrected chi connectivity index (χ2v) is 6.50. The Balaban J connectivity index is 1.61. The van der Waals surface area contributed by atoms with Crippen LogP contribution in [0.3, 0.4) is 0 Å². The van der Waals surface area contributed by atoms with Crippen LogP contribution in [-0.4, -0.2) is 48.0 Å². The average molecular weight is 241 g/mol. The van der Waals surface area contributed by atoms with Gasteiger partial charge in [0.15, 0.2) is 5.17 Å². The van der Waals surface area contributed by atoms with Crippen molar-refractivity contribution in [1.29, 1.82) is 0 Å². The van der Waals surface area contributed by atoms with Crippen molar-refractivity contribution >= 4 is 16.9 Å². The molecule has 2 aliphatic rings. The molecule has 2 atom stereocenters. The van der Waals surface area contributed by atoms with Crippen molar-refractivity contribution in [3.63, 3.8) is 0 Å². The van der Waals surface area contributed by atoms with Gasteiger partial charge in [-0.2, -0.15) is 0 Å². The molecule has 0 saturated carbocycles. The number of hydrogen-bond acceptors (Lipinski definition) is 4. The van der Waals surface area contributed by atoms with Gasteiger partial charge in [0.2, 0.25) is 0 Å². The van der Waals surface area contributed by atoms with E-state index in [0.717, 1.165) is 24.2 Å². The topological polar surface area (TPSA) is 27.6 Å². The van der Waals surface area contributed by atoms with Crippen LogP contribution in [0.2, 0.25) is 0 Å². The summed E-state index contributed by atoms with van der Waals surface area (Å²) < 4.78 is 0. The van der Waals surface area contributed by atoms with Gasteiger partial charge in [0.1, 0.15) is 0 Å². The van der Waals surface area contributed by atoms with Crippen LogP contribution in [0.5, 0.6) is 0 Å². The van der Waals surface area contributed by atoms with E-state index in [9.17, 15) is 0 Å². The number of nitrogens with one attached hydrogen (secondary N) is 1. The standard InChI is InChI=1S/C12H23N3S/c1-10(9-15-5-3-4-6-15)7-13-12-14-8-11(2)16-12/h10-11H,3-9H2,1-2H3,(H,13,14). The third kappa shape index (κ3) is 3.67. The summed E-state index contributed by atoms with van der Waals surface area (Å²) in [5.74, 6) is 0.720. The van der Waals surface area contributed by atoms with Crippen LogP contribution in [0.1, 0.15) is 26.7 Å². The van der Waals surface area contributed by atoms with Crippen molar-refractivity contribution in [1.82, 2.24) is 10.2 Å². The molecular formula is C12H23N3S. The maximum Gasteiger partial charge on any atom is 0.156 e. The lowest BCUT2D eigenvalue weighted by Gasteiger charge is -2.20. The van der Waals surface area contributed by atoms with E-state index >= 15 is 0 Å². The first-order valence-electron chi connectivity index (χ1n) is 6.41. The van der Waals surface area contributed by atoms with Gasteiger partial charge in [-0.25, -0.2) is 0 Å². The number of rotatable bonds is 4. The van der Waals surface area contributed by atoms with Crippen molar-refractivity contribution in [3.8, 4) is 0 Å². The molecule has 92 valence electrons. The summed E-state index contributed by atoms with van der Waals surface area (Å²) in [5, 5.41) is 5.29. The number of hydrogen-bond donors (Lipinski definition) is 1. The molecule has 0 aromatic rings. The average Bonchev–Trinajstić information content (AvgIpc) is 2.87. The first-order valence-corrected chi connectivity index (χ1v) is 7.29. The first kappa shape index (κ1) is 12.2. The van der Waals surface area contributed by atoms with Gasteiger partial charge in [-0.15, -0.1) is 0 Å². The number of amidine groups is 1. The maximum absolute atomic E-state index is 4.48. The molecular weight excluding hydrogens is 218 g/mol. The summed E-state index contributed by atoms with van der Waals surface area (Å²) >= 11 is 1.88. The molecule has 0 spiro atoms. The van der Waals surface area contributed by atoms with E-state index in [0.29, 0.717) is 5.25 Å². The van der Waals surface area contributed by atoms with Crippen LogP contribution >= 0.6 is 11.8 Å². The van der Waals surface area contributed by atoms with Gasteiger partial charge in [0, 0.05) is 18.3 Å². The largest absolute Gasteiger partial charge is 0.365 e. The lowest BCUT2D eigenvalue weighted by atomic mass is 10.2. The Morgan fingerprint density at radius 2 is 2.25 bits per heavy atom. The molecule has 0 aromatic heterocycles. The molecule has 2 aliphatic heterocycles. The van der Waals surface area contributed by atoms with Crippen LogP contribution < -0.4 is 5.32 Å². The fraction of sp³-hybridized carbons (Fsp3) is 0.917. The van der Waals surface area contributed by atoms with E-state index in [1.54, 1.807) is 0 Å². The molecule has 4 heteroatoms. The smallest absolute Gasteiger partial charge is 0.156 e. The summed E-state index contributed by atoms with van der Waals surface area (Å²) in [6, 6.07) is 0.